The highest BCUT2D eigenvalue weighted by Crippen LogP contribution is 2.22. The van der Waals surface area contributed by atoms with Crippen LogP contribution in [0.2, 0.25) is 0 Å². The van der Waals surface area contributed by atoms with Gasteiger partial charge in [0.25, 0.3) is 5.91 Å². The predicted octanol–water partition coefficient (Wildman–Crippen LogP) is 3.24. The van der Waals surface area contributed by atoms with Gasteiger partial charge >= 0.3 is 0 Å². The molecule has 4 rings (SSSR count). The molecule has 8 nitrogen and oxygen atoms in total. The number of aromatic nitrogens is 3. The first-order valence-electron chi connectivity index (χ1n) is 9.52. The number of nitrogens with zero attached hydrogens (tertiary/aromatic N) is 3. The molecule has 0 bridgehead atoms. The minimum atomic E-state index is -0.770. The number of rotatable bonds is 6. The van der Waals surface area contributed by atoms with E-state index in [1.54, 1.807) is 31.3 Å². The van der Waals surface area contributed by atoms with Gasteiger partial charge < -0.3 is 10.6 Å². The lowest BCUT2D eigenvalue weighted by atomic mass is 10.1. The largest absolute Gasteiger partial charge is 0.339 e. The Morgan fingerprint density at radius 3 is 2.74 bits per heavy atom. The van der Waals surface area contributed by atoms with Crippen molar-refractivity contribution in [1.29, 1.82) is 5.26 Å². The summed E-state index contributed by atoms with van der Waals surface area (Å²) in [6.07, 6.45) is 2.36. The van der Waals surface area contributed by atoms with Gasteiger partial charge in [-0.05, 0) is 30.7 Å². The van der Waals surface area contributed by atoms with Crippen molar-refractivity contribution in [1.82, 2.24) is 20.5 Å². The Labute approximate surface area is 181 Å². The van der Waals surface area contributed by atoms with Gasteiger partial charge in [0, 0.05) is 22.9 Å². The minimum Gasteiger partial charge on any atom is -0.339 e. The van der Waals surface area contributed by atoms with Gasteiger partial charge in [0.15, 0.2) is 10.8 Å². The molecule has 1 unspecified atom stereocenters. The van der Waals surface area contributed by atoms with Gasteiger partial charge in [0.1, 0.15) is 6.04 Å². The number of carbonyl (C=O) groups is 2. The number of para-hydroxylation sites is 1. The third kappa shape index (κ3) is 4.60. The van der Waals surface area contributed by atoms with Crippen molar-refractivity contribution in [2.75, 3.05) is 5.32 Å². The van der Waals surface area contributed by atoms with Gasteiger partial charge in [0.05, 0.1) is 17.1 Å². The maximum atomic E-state index is 12.5. The molecule has 0 radical (unpaired) electrons. The molecule has 0 aliphatic heterocycles. The van der Waals surface area contributed by atoms with Gasteiger partial charge in [-0.1, -0.05) is 30.3 Å². The number of amides is 2. The van der Waals surface area contributed by atoms with Crippen LogP contribution in [0.1, 0.15) is 33.4 Å². The van der Waals surface area contributed by atoms with Gasteiger partial charge in [-0.3, -0.25) is 14.7 Å². The fourth-order valence-corrected chi connectivity index (χ4v) is 3.88. The molecule has 2 aromatic carbocycles. The molecule has 0 spiro atoms. The quantitative estimate of drug-likeness (QED) is 0.433. The number of aromatic amines is 1. The SMILES string of the molecule is CC(NC(=O)c1n[nH]c2ccccc12)C(=O)Nc1ncc(Cc2ccc(C#N)cc2)s1. The summed E-state index contributed by atoms with van der Waals surface area (Å²) < 4.78 is 0. The Morgan fingerprint density at radius 1 is 1.19 bits per heavy atom. The highest BCUT2D eigenvalue weighted by Gasteiger charge is 2.21. The average molecular weight is 430 g/mol. The van der Waals surface area contributed by atoms with Gasteiger partial charge in [-0.25, -0.2) is 4.98 Å². The first-order chi connectivity index (χ1) is 15.0. The van der Waals surface area contributed by atoms with Crippen LogP contribution in [-0.2, 0) is 11.2 Å². The summed E-state index contributed by atoms with van der Waals surface area (Å²) in [5.41, 5.74) is 2.66. The Kier molecular flexibility index (Phi) is 5.73. The molecule has 2 amide bonds. The average Bonchev–Trinajstić information content (AvgIpc) is 3.41. The number of benzene rings is 2. The van der Waals surface area contributed by atoms with Crippen molar-refractivity contribution in [2.24, 2.45) is 0 Å². The molecule has 0 aliphatic rings. The summed E-state index contributed by atoms with van der Waals surface area (Å²) >= 11 is 1.36. The highest BCUT2D eigenvalue weighted by atomic mass is 32.1. The predicted molar refractivity (Wildman–Crippen MR) is 118 cm³/mol. The molecule has 0 aliphatic carbocycles. The molecule has 0 saturated carbocycles. The van der Waals surface area contributed by atoms with E-state index in [4.69, 9.17) is 5.26 Å². The zero-order valence-corrected chi connectivity index (χ0v) is 17.4. The van der Waals surface area contributed by atoms with Crippen molar-refractivity contribution in [3.05, 3.63) is 76.4 Å². The van der Waals surface area contributed by atoms with E-state index in [-0.39, 0.29) is 11.6 Å². The van der Waals surface area contributed by atoms with Crippen LogP contribution in [0.4, 0.5) is 5.13 Å². The van der Waals surface area contributed by atoms with Gasteiger partial charge in [-0.15, -0.1) is 11.3 Å². The van der Waals surface area contributed by atoms with E-state index in [0.717, 1.165) is 16.0 Å². The molecular weight excluding hydrogens is 412 g/mol. The molecule has 2 heterocycles. The lowest BCUT2D eigenvalue weighted by molar-refractivity contribution is -0.117. The zero-order valence-electron chi connectivity index (χ0n) is 16.5. The second kappa shape index (κ2) is 8.77. The monoisotopic (exact) mass is 430 g/mol. The molecule has 0 saturated heterocycles. The van der Waals surface area contributed by atoms with E-state index in [1.807, 2.05) is 30.3 Å². The van der Waals surface area contributed by atoms with Crippen LogP contribution in [0.25, 0.3) is 10.9 Å². The van der Waals surface area contributed by atoms with E-state index < -0.39 is 11.9 Å². The first kappa shape index (κ1) is 20.3. The van der Waals surface area contributed by atoms with E-state index in [9.17, 15) is 9.59 Å². The first-order valence-corrected chi connectivity index (χ1v) is 10.3. The van der Waals surface area contributed by atoms with Crippen molar-refractivity contribution >= 4 is 39.2 Å². The number of nitriles is 1. The lowest BCUT2D eigenvalue weighted by Crippen LogP contribution is -2.41. The van der Waals surface area contributed by atoms with Gasteiger partial charge in [-0.2, -0.15) is 10.4 Å². The van der Waals surface area contributed by atoms with Crippen LogP contribution in [-0.4, -0.2) is 33.0 Å². The van der Waals surface area contributed by atoms with Crippen molar-refractivity contribution in [3.63, 3.8) is 0 Å². The van der Waals surface area contributed by atoms with E-state index in [0.29, 0.717) is 22.5 Å². The molecule has 9 heteroatoms. The second-order valence-electron chi connectivity index (χ2n) is 6.92. The van der Waals surface area contributed by atoms with Crippen molar-refractivity contribution in [2.45, 2.75) is 19.4 Å². The fourth-order valence-electron chi connectivity index (χ4n) is 3.03. The van der Waals surface area contributed by atoms with E-state index in [1.165, 1.54) is 11.3 Å². The molecule has 1 atom stereocenters. The Balaban J connectivity index is 1.35. The number of thiazole rings is 1. The van der Waals surface area contributed by atoms with E-state index in [2.05, 4.69) is 31.9 Å². The number of hydrogen-bond acceptors (Lipinski definition) is 6. The molecule has 4 aromatic rings. The molecule has 154 valence electrons. The molecule has 31 heavy (non-hydrogen) atoms. The number of carbonyl (C=O) groups excluding carboxylic acids is 2. The highest BCUT2D eigenvalue weighted by molar-refractivity contribution is 7.15. The fraction of sp³-hybridized carbons (Fsp3) is 0.136. The number of H-pyrrole nitrogens is 1. The maximum Gasteiger partial charge on any atom is 0.273 e. The van der Waals surface area contributed by atoms with Crippen LogP contribution in [0.15, 0.2) is 54.7 Å². The summed E-state index contributed by atoms with van der Waals surface area (Å²) in [7, 11) is 0. The Hall–Kier alpha value is -4.03. The normalized spacial score (nSPS) is 11.6. The molecular formula is C22H18N6O2S. The lowest BCUT2D eigenvalue weighted by Gasteiger charge is -2.12. The standard InChI is InChI=1S/C22H18N6O2S/c1-13(25-21(30)19-17-4-2-3-5-18(17)27-28-19)20(29)26-22-24-12-16(31-22)10-14-6-8-15(11-23)9-7-14/h2-9,12-13H,10H2,1H3,(H,25,30)(H,27,28)(H,24,26,29). The third-order valence-electron chi connectivity index (χ3n) is 4.67. The zero-order chi connectivity index (χ0) is 21.8. The maximum absolute atomic E-state index is 12.5. The summed E-state index contributed by atoms with van der Waals surface area (Å²) in [5, 5.41) is 22.3. The summed E-state index contributed by atoms with van der Waals surface area (Å²) in [4.78, 5) is 30.2. The van der Waals surface area contributed by atoms with Crippen molar-refractivity contribution < 1.29 is 9.59 Å². The number of anilines is 1. The molecule has 3 N–H and O–H groups in total. The van der Waals surface area contributed by atoms with E-state index >= 15 is 0 Å². The van der Waals surface area contributed by atoms with Crippen LogP contribution >= 0.6 is 11.3 Å². The minimum absolute atomic E-state index is 0.245. The Morgan fingerprint density at radius 2 is 1.97 bits per heavy atom. The van der Waals surface area contributed by atoms with Crippen molar-refractivity contribution in [3.8, 4) is 6.07 Å². The summed E-state index contributed by atoms with van der Waals surface area (Å²) in [6, 6.07) is 15.9. The molecule has 0 fully saturated rings. The van der Waals surface area contributed by atoms with Crippen LogP contribution in [0.5, 0.6) is 0 Å². The number of hydrogen-bond donors (Lipinski definition) is 3. The van der Waals surface area contributed by atoms with Gasteiger partial charge in [0.2, 0.25) is 5.91 Å². The third-order valence-corrected chi connectivity index (χ3v) is 5.58. The van der Waals surface area contributed by atoms with Crippen LogP contribution < -0.4 is 10.6 Å². The summed E-state index contributed by atoms with van der Waals surface area (Å²) in [5.74, 6) is -0.798. The summed E-state index contributed by atoms with van der Waals surface area (Å²) in [6.45, 7) is 1.60. The van der Waals surface area contributed by atoms with Crippen LogP contribution in [0, 0.1) is 11.3 Å². The number of nitrogens with one attached hydrogen (secondary N) is 3. The number of fused-ring (bicyclic) bond motifs is 1. The van der Waals surface area contributed by atoms with Crippen LogP contribution in [0.3, 0.4) is 0 Å². The smallest absolute Gasteiger partial charge is 0.273 e. The second-order valence-corrected chi connectivity index (χ2v) is 8.03. The Bertz CT molecular complexity index is 1290. The molecule has 2 aromatic heterocycles. The topological polar surface area (TPSA) is 124 Å².